The number of hydrogen-bond acceptors (Lipinski definition) is 4. The van der Waals surface area contributed by atoms with Crippen LogP contribution in [0.5, 0.6) is 0 Å². The van der Waals surface area contributed by atoms with Gasteiger partial charge in [0.1, 0.15) is 11.9 Å². The van der Waals surface area contributed by atoms with Crippen LogP contribution in [0.3, 0.4) is 0 Å². The molecule has 0 unspecified atom stereocenters. The van der Waals surface area contributed by atoms with Crippen molar-refractivity contribution in [1.29, 1.82) is 0 Å². The maximum Gasteiger partial charge on any atom is 0.309 e. The molecule has 2 atom stereocenters. The van der Waals surface area contributed by atoms with Crippen LogP contribution in [0, 0.1) is 11.2 Å². The van der Waals surface area contributed by atoms with Crippen LogP contribution >= 0.6 is 0 Å². The molecule has 5 rings (SSSR count). The quantitative estimate of drug-likeness (QED) is 0.542. The fourth-order valence-electron chi connectivity index (χ4n) is 5.85. The lowest BCUT2D eigenvalue weighted by atomic mass is 9.64. The number of benzene rings is 2. The second-order valence-electron chi connectivity index (χ2n) is 9.87. The van der Waals surface area contributed by atoms with Crippen LogP contribution in [0.1, 0.15) is 61.6 Å². The molecule has 2 aromatic rings. The molecule has 2 fully saturated rings. The largest absolute Gasteiger partial charge is 0.458 e. The number of aliphatic hydroxyl groups excluding tert-OH is 2. The first-order valence-electron chi connectivity index (χ1n) is 12.5. The fourth-order valence-corrected chi connectivity index (χ4v) is 5.85. The Hall–Kier alpha value is -3.02. The second-order valence-corrected chi connectivity index (χ2v) is 9.87. The molecule has 5 heteroatoms. The maximum atomic E-state index is 13.8. The molecule has 3 aliphatic rings. The molecule has 2 N–H and O–H groups in total. The predicted octanol–water partition coefficient (Wildman–Crippen LogP) is 5.74. The number of halogens is 1. The predicted molar refractivity (Wildman–Crippen MR) is 133 cm³/mol. The number of rotatable bonds is 5. The minimum absolute atomic E-state index is 0.00347. The molecule has 0 bridgehead atoms. The second kappa shape index (κ2) is 9.92. The van der Waals surface area contributed by atoms with E-state index in [0.29, 0.717) is 6.42 Å². The molecular formula is C30H31FO4. The van der Waals surface area contributed by atoms with E-state index in [1.165, 1.54) is 24.1 Å². The fraction of sp³-hybridized carbons (Fsp3) is 0.367. The number of ether oxygens (including phenoxy) is 1. The Morgan fingerprint density at radius 3 is 2.34 bits per heavy atom. The highest BCUT2D eigenvalue weighted by Gasteiger charge is 2.44. The van der Waals surface area contributed by atoms with E-state index in [2.05, 4.69) is 24.3 Å². The zero-order valence-corrected chi connectivity index (χ0v) is 19.8. The highest BCUT2D eigenvalue weighted by atomic mass is 19.1. The first kappa shape index (κ1) is 23.7. The van der Waals surface area contributed by atoms with E-state index in [1.807, 2.05) is 30.3 Å². The van der Waals surface area contributed by atoms with Gasteiger partial charge < -0.3 is 14.9 Å². The van der Waals surface area contributed by atoms with E-state index in [-0.39, 0.29) is 30.2 Å². The van der Waals surface area contributed by atoms with Gasteiger partial charge in [0.25, 0.3) is 0 Å². The summed E-state index contributed by atoms with van der Waals surface area (Å²) in [6, 6.07) is 14.7. The summed E-state index contributed by atoms with van der Waals surface area (Å²) >= 11 is 0. The molecular weight excluding hydrogens is 443 g/mol. The van der Waals surface area contributed by atoms with E-state index in [0.717, 1.165) is 53.5 Å². The summed E-state index contributed by atoms with van der Waals surface area (Å²) < 4.78 is 19.2. The van der Waals surface area contributed by atoms with Crippen LogP contribution in [-0.2, 0) is 16.1 Å². The smallest absolute Gasteiger partial charge is 0.309 e. The van der Waals surface area contributed by atoms with Crippen LogP contribution in [0.15, 0.2) is 72.3 Å². The SMILES string of the molecule is O=C1C[C@@H](O)C[C@H](/C=C/C2=C(c3ccc(F)cc3)C=C(c3ccc(CO)cc3)C23CCCCC3)O1. The first-order valence-corrected chi connectivity index (χ1v) is 12.5. The van der Waals surface area contributed by atoms with Gasteiger partial charge in [-0.1, -0.05) is 61.7 Å². The summed E-state index contributed by atoms with van der Waals surface area (Å²) in [4.78, 5) is 11.9. The topological polar surface area (TPSA) is 66.8 Å². The molecule has 35 heavy (non-hydrogen) atoms. The van der Waals surface area contributed by atoms with Gasteiger partial charge in [-0.3, -0.25) is 4.79 Å². The summed E-state index contributed by atoms with van der Waals surface area (Å²) in [6.45, 7) is 0.00347. The van der Waals surface area contributed by atoms with Crippen LogP contribution in [0.4, 0.5) is 4.39 Å². The van der Waals surface area contributed by atoms with Gasteiger partial charge in [0.15, 0.2) is 0 Å². The van der Waals surface area contributed by atoms with Gasteiger partial charge in [0.05, 0.1) is 19.1 Å². The van der Waals surface area contributed by atoms with E-state index in [9.17, 15) is 19.4 Å². The maximum absolute atomic E-state index is 13.8. The third kappa shape index (κ3) is 4.75. The highest BCUT2D eigenvalue weighted by molar-refractivity contribution is 5.96. The summed E-state index contributed by atoms with van der Waals surface area (Å²) in [5.41, 5.74) is 6.17. The number of aliphatic hydroxyl groups is 2. The molecule has 0 radical (unpaired) electrons. The Balaban J connectivity index is 1.61. The molecule has 1 saturated carbocycles. The number of carbonyl (C=O) groups is 1. The molecule has 1 heterocycles. The van der Waals surface area contributed by atoms with Gasteiger partial charge >= 0.3 is 5.97 Å². The zero-order valence-electron chi connectivity index (χ0n) is 19.8. The number of esters is 1. The Morgan fingerprint density at radius 1 is 1.00 bits per heavy atom. The molecule has 182 valence electrons. The molecule has 2 aliphatic carbocycles. The molecule has 4 nitrogen and oxygen atoms in total. The minimum atomic E-state index is -0.692. The Kier molecular flexibility index (Phi) is 6.72. The van der Waals surface area contributed by atoms with Gasteiger partial charge in [-0.25, -0.2) is 4.39 Å². The van der Waals surface area contributed by atoms with Crippen molar-refractivity contribution in [2.45, 2.75) is 63.8 Å². The van der Waals surface area contributed by atoms with E-state index in [1.54, 1.807) is 0 Å². The van der Waals surface area contributed by atoms with Gasteiger partial charge in [-0.2, -0.15) is 0 Å². The molecule has 1 aliphatic heterocycles. The van der Waals surface area contributed by atoms with Crippen LogP contribution in [0.2, 0.25) is 0 Å². The third-order valence-electron chi connectivity index (χ3n) is 7.59. The Morgan fingerprint density at radius 2 is 1.69 bits per heavy atom. The molecule has 1 saturated heterocycles. The summed E-state index contributed by atoms with van der Waals surface area (Å²) in [6.07, 6.45) is 10.9. The van der Waals surface area contributed by atoms with Crippen molar-refractivity contribution in [2.24, 2.45) is 5.41 Å². The van der Waals surface area contributed by atoms with Crippen molar-refractivity contribution in [3.05, 3.63) is 94.8 Å². The van der Waals surface area contributed by atoms with Crippen LogP contribution in [0.25, 0.3) is 11.1 Å². The van der Waals surface area contributed by atoms with Gasteiger partial charge in [-0.05, 0) is 70.5 Å². The minimum Gasteiger partial charge on any atom is -0.458 e. The van der Waals surface area contributed by atoms with Gasteiger partial charge in [0, 0.05) is 11.8 Å². The number of carbonyl (C=O) groups excluding carboxylic acids is 1. The van der Waals surface area contributed by atoms with E-state index >= 15 is 0 Å². The lowest BCUT2D eigenvalue weighted by Gasteiger charge is -2.39. The van der Waals surface area contributed by atoms with E-state index in [4.69, 9.17) is 4.74 Å². The van der Waals surface area contributed by atoms with E-state index < -0.39 is 12.2 Å². The number of allylic oxidation sites excluding steroid dienone is 5. The van der Waals surface area contributed by atoms with Crippen molar-refractivity contribution in [3.63, 3.8) is 0 Å². The van der Waals surface area contributed by atoms with Crippen LogP contribution < -0.4 is 0 Å². The molecule has 1 spiro atoms. The van der Waals surface area contributed by atoms with Crippen molar-refractivity contribution >= 4 is 17.1 Å². The molecule has 0 amide bonds. The zero-order chi connectivity index (χ0) is 24.4. The lowest BCUT2D eigenvalue weighted by molar-refractivity contribution is -0.156. The monoisotopic (exact) mass is 474 g/mol. The summed E-state index contributed by atoms with van der Waals surface area (Å²) in [5.74, 6) is -0.656. The number of cyclic esters (lactones) is 1. The van der Waals surface area contributed by atoms with Gasteiger partial charge in [-0.15, -0.1) is 0 Å². The normalized spacial score (nSPS) is 24.2. The van der Waals surface area contributed by atoms with Crippen molar-refractivity contribution in [2.75, 3.05) is 0 Å². The number of hydrogen-bond donors (Lipinski definition) is 2. The Labute approximate surface area is 205 Å². The highest BCUT2D eigenvalue weighted by Crippen LogP contribution is 2.58. The van der Waals surface area contributed by atoms with Crippen LogP contribution in [-0.4, -0.2) is 28.4 Å². The Bertz CT molecular complexity index is 1170. The summed E-state index contributed by atoms with van der Waals surface area (Å²) in [5, 5.41) is 19.6. The molecule has 2 aromatic carbocycles. The first-order chi connectivity index (χ1) is 17.0. The standard InChI is InChI=1S/C30H31FO4/c31-23-10-8-21(9-11-23)26-18-28(22-6-4-20(19-32)5-7-22)30(14-2-1-3-15-30)27(26)13-12-25-16-24(33)17-29(34)35-25/h4-13,18,24-25,32-33H,1-3,14-17,19H2/b13-12+/t24-,25-/m0/s1. The van der Waals surface area contributed by atoms with Crippen molar-refractivity contribution in [3.8, 4) is 0 Å². The third-order valence-corrected chi connectivity index (χ3v) is 7.59. The average Bonchev–Trinajstić information content (AvgIpc) is 3.16. The molecule has 0 aromatic heterocycles. The lowest BCUT2D eigenvalue weighted by Crippen LogP contribution is -2.31. The summed E-state index contributed by atoms with van der Waals surface area (Å²) in [7, 11) is 0. The van der Waals surface area contributed by atoms with Crippen molar-refractivity contribution < 1.29 is 24.1 Å². The van der Waals surface area contributed by atoms with Gasteiger partial charge in [0.2, 0.25) is 0 Å². The van der Waals surface area contributed by atoms with Crippen molar-refractivity contribution in [1.82, 2.24) is 0 Å². The average molecular weight is 475 g/mol.